The standard InChI is InChI=1S/C28H36O7/c1-5-32-28(31)25-12-9-20-8-10-21(17-26(20)35-25)33-14-6-7-15-34-24-13-11-22(27(30)19(24)4)23(29)16-18(2)3/h8,10-11,13,17-18,25,30H,5-7,9,12,14-16H2,1-4H3. The van der Waals surface area contributed by atoms with Crippen LogP contribution >= 0.6 is 0 Å². The number of hydrogen-bond acceptors (Lipinski definition) is 7. The van der Waals surface area contributed by atoms with Gasteiger partial charge in [-0.3, -0.25) is 4.79 Å². The molecule has 7 nitrogen and oxygen atoms in total. The van der Waals surface area contributed by atoms with Gasteiger partial charge in [-0.25, -0.2) is 4.79 Å². The Labute approximate surface area is 207 Å². The predicted molar refractivity (Wildman–Crippen MR) is 133 cm³/mol. The minimum Gasteiger partial charge on any atom is -0.507 e. The molecular formula is C28H36O7. The third-order valence-corrected chi connectivity index (χ3v) is 5.87. The van der Waals surface area contributed by atoms with Gasteiger partial charge in [0.2, 0.25) is 0 Å². The molecule has 2 aromatic carbocycles. The van der Waals surface area contributed by atoms with E-state index in [1.165, 1.54) is 0 Å². The number of hydrogen-bond donors (Lipinski definition) is 1. The molecule has 0 amide bonds. The van der Waals surface area contributed by atoms with Crippen molar-refractivity contribution in [2.24, 2.45) is 5.92 Å². The number of fused-ring (bicyclic) bond motifs is 1. The van der Waals surface area contributed by atoms with E-state index in [1.54, 1.807) is 26.0 Å². The fourth-order valence-electron chi connectivity index (χ4n) is 3.96. The van der Waals surface area contributed by atoms with E-state index >= 15 is 0 Å². The van der Waals surface area contributed by atoms with E-state index in [4.69, 9.17) is 18.9 Å². The number of rotatable bonds is 12. The molecule has 3 rings (SSSR count). The summed E-state index contributed by atoms with van der Waals surface area (Å²) in [5.41, 5.74) is 1.98. The first-order valence-corrected chi connectivity index (χ1v) is 12.4. The molecule has 1 aliphatic heterocycles. The number of benzene rings is 2. The number of ether oxygens (including phenoxy) is 4. The molecule has 1 heterocycles. The van der Waals surface area contributed by atoms with Crippen LogP contribution < -0.4 is 14.2 Å². The summed E-state index contributed by atoms with van der Waals surface area (Å²) in [6.45, 7) is 8.80. The second kappa shape index (κ2) is 12.5. The summed E-state index contributed by atoms with van der Waals surface area (Å²) in [4.78, 5) is 24.3. The Hall–Kier alpha value is -3.22. The first kappa shape index (κ1) is 26.4. The fraction of sp³-hybridized carbons (Fsp3) is 0.500. The van der Waals surface area contributed by atoms with Crippen molar-refractivity contribution in [3.63, 3.8) is 0 Å². The molecule has 0 aromatic heterocycles. The van der Waals surface area contributed by atoms with Crippen molar-refractivity contribution in [2.45, 2.75) is 65.9 Å². The summed E-state index contributed by atoms with van der Waals surface area (Å²) in [5, 5.41) is 10.4. The topological polar surface area (TPSA) is 91.3 Å². The lowest BCUT2D eigenvalue weighted by atomic mass is 9.98. The molecule has 35 heavy (non-hydrogen) atoms. The third kappa shape index (κ3) is 7.13. The van der Waals surface area contributed by atoms with E-state index in [-0.39, 0.29) is 23.4 Å². The van der Waals surface area contributed by atoms with Gasteiger partial charge >= 0.3 is 5.97 Å². The fourth-order valence-corrected chi connectivity index (χ4v) is 3.96. The highest BCUT2D eigenvalue weighted by Crippen LogP contribution is 2.33. The van der Waals surface area contributed by atoms with Gasteiger partial charge in [0.25, 0.3) is 0 Å². The van der Waals surface area contributed by atoms with E-state index in [0.717, 1.165) is 24.8 Å². The molecule has 1 unspecified atom stereocenters. The average molecular weight is 485 g/mol. The zero-order chi connectivity index (χ0) is 25.4. The summed E-state index contributed by atoms with van der Waals surface area (Å²) < 4.78 is 22.6. The maximum absolute atomic E-state index is 12.3. The summed E-state index contributed by atoms with van der Waals surface area (Å²) in [7, 11) is 0. The highest BCUT2D eigenvalue weighted by atomic mass is 16.6. The largest absolute Gasteiger partial charge is 0.507 e. The Morgan fingerprint density at radius 2 is 1.86 bits per heavy atom. The van der Waals surface area contributed by atoms with Crippen LogP contribution in [0.3, 0.4) is 0 Å². The molecule has 0 fully saturated rings. The second-order valence-electron chi connectivity index (χ2n) is 9.18. The molecule has 0 radical (unpaired) electrons. The number of unbranched alkanes of at least 4 members (excludes halogenated alkanes) is 1. The van der Waals surface area contributed by atoms with E-state index in [9.17, 15) is 14.7 Å². The smallest absolute Gasteiger partial charge is 0.347 e. The Bertz CT molecular complexity index is 1030. The first-order chi connectivity index (χ1) is 16.8. The Kier molecular flexibility index (Phi) is 9.40. The van der Waals surface area contributed by atoms with Gasteiger partial charge in [0.05, 0.1) is 25.4 Å². The first-order valence-electron chi connectivity index (χ1n) is 12.4. The van der Waals surface area contributed by atoms with Gasteiger partial charge in [-0.05, 0) is 69.2 Å². The van der Waals surface area contributed by atoms with E-state index < -0.39 is 6.10 Å². The minimum absolute atomic E-state index is 0.00342. The Morgan fingerprint density at radius 3 is 2.57 bits per heavy atom. The van der Waals surface area contributed by atoms with Crippen LogP contribution in [0.25, 0.3) is 0 Å². The number of carbonyl (C=O) groups is 2. The third-order valence-electron chi connectivity index (χ3n) is 5.87. The van der Waals surface area contributed by atoms with Crippen LogP contribution in [0.4, 0.5) is 0 Å². The maximum Gasteiger partial charge on any atom is 0.347 e. The van der Waals surface area contributed by atoms with Gasteiger partial charge in [-0.2, -0.15) is 0 Å². The Morgan fingerprint density at radius 1 is 1.11 bits per heavy atom. The summed E-state index contributed by atoms with van der Waals surface area (Å²) in [6.07, 6.45) is 2.74. The monoisotopic (exact) mass is 484 g/mol. The lowest BCUT2D eigenvalue weighted by Gasteiger charge is -2.25. The van der Waals surface area contributed by atoms with Gasteiger partial charge < -0.3 is 24.1 Å². The number of Topliss-reactive ketones (excluding diaryl/α,β-unsaturated/α-hetero) is 1. The van der Waals surface area contributed by atoms with Gasteiger partial charge in [0.1, 0.15) is 23.0 Å². The maximum atomic E-state index is 12.3. The van der Waals surface area contributed by atoms with Crippen molar-refractivity contribution in [3.8, 4) is 23.0 Å². The number of esters is 1. The second-order valence-corrected chi connectivity index (χ2v) is 9.18. The van der Waals surface area contributed by atoms with Crippen LogP contribution in [0.2, 0.25) is 0 Å². The van der Waals surface area contributed by atoms with Crippen molar-refractivity contribution in [2.75, 3.05) is 19.8 Å². The molecule has 1 atom stereocenters. The minimum atomic E-state index is -0.569. The van der Waals surface area contributed by atoms with Crippen molar-refractivity contribution >= 4 is 11.8 Å². The van der Waals surface area contributed by atoms with E-state index in [2.05, 4.69) is 0 Å². The highest BCUT2D eigenvalue weighted by molar-refractivity contribution is 5.99. The van der Waals surface area contributed by atoms with Crippen molar-refractivity contribution < 1.29 is 33.6 Å². The lowest BCUT2D eigenvalue weighted by molar-refractivity contribution is -0.152. The molecular weight excluding hydrogens is 448 g/mol. The Balaban J connectivity index is 1.43. The molecule has 0 bridgehead atoms. The molecule has 2 aromatic rings. The van der Waals surface area contributed by atoms with Crippen LogP contribution in [0.15, 0.2) is 30.3 Å². The molecule has 190 valence electrons. The van der Waals surface area contributed by atoms with Crippen LogP contribution in [0.1, 0.15) is 67.9 Å². The molecule has 1 N–H and O–H groups in total. The van der Waals surface area contributed by atoms with Crippen LogP contribution in [-0.4, -0.2) is 42.8 Å². The quantitative estimate of drug-likeness (QED) is 0.244. The SMILES string of the molecule is CCOC(=O)C1CCc2ccc(OCCCCOc3ccc(C(=O)CC(C)C)c(O)c3C)cc2O1. The number of aryl methyl sites for hydroxylation is 1. The molecule has 0 saturated carbocycles. The lowest BCUT2D eigenvalue weighted by Crippen LogP contribution is -2.32. The number of ketones is 1. The van der Waals surface area contributed by atoms with Crippen molar-refractivity contribution in [1.82, 2.24) is 0 Å². The van der Waals surface area contributed by atoms with Crippen LogP contribution in [0.5, 0.6) is 23.0 Å². The normalized spacial score (nSPS) is 14.7. The summed E-state index contributed by atoms with van der Waals surface area (Å²) in [5.74, 6) is 1.77. The van der Waals surface area contributed by atoms with Gasteiger partial charge in [0, 0.05) is 18.1 Å². The molecule has 1 aliphatic rings. The van der Waals surface area contributed by atoms with Crippen molar-refractivity contribution in [3.05, 3.63) is 47.0 Å². The average Bonchev–Trinajstić information content (AvgIpc) is 2.83. The zero-order valence-electron chi connectivity index (χ0n) is 21.1. The molecule has 0 saturated heterocycles. The summed E-state index contributed by atoms with van der Waals surface area (Å²) in [6, 6.07) is 9.09. The van der Waals surface area contributed by atoms with Crippen molar-refractivity contribution in [1.29, 1.82) is 0 Å². The molecule has 7 heteroatoms. The van der Waals surface area contributed by atoms with Gasteiger partial charge in [0.15, 0.2) is 11.9 Å². The van der Waals surface area contributed by atoms with Crippen LogP contribution in [-0.2, 0) is 16.0 Å². The van der Waals surface area contributed by atoms with E-state index in [0.29, 0.717) is 61.0 Å². The predicted octanol–water partition coefficient (Wildman–Crippen LogP) is 5.42. The number of phenolic OH excluding ortho intramolecular Hbond substituents is 1. The number of aromatic hydroxyl groups is 1. The van der Waals surface area contributed by atoms with E-state index in [1.807, 2.05) is 32.0 Å². The summed E-state index contributed by atoms with van der Waals surface area (Å²) >= 11 is 0. The van der Waals surface area contributed by atoms with Crippen LogP contribution in [0, 0.1) is 12.8 Å². The molecule has 0 aliphatic carbocycles. The molecule has 0 spiro atoms. The number of carbonyl (C=O) groups excluding carboxylic acids is 2. The highest BCUT2D eigenvalue weighted by Gasteiger charge is 2.27. The van der Waals surface area contributed by atoms with Gasteiger partial charge in [-0.1, -0.05) is 19.9 Å². The van der Waals surface area contributed by atoms with Gasteiger partial charge in [-0.15, -0.1) is 0 Å². The zero-order valence-corrected chi connectivity index (χ0v) is 21.1. The number of phenols is 1.